The quantitative estimate of drug-likeness (QED) is 0.774. The molecule has 1 aromatic rings. The lowest BCUT2D eigenvalue weighted by atomic mass is 10.0. The van der Waals surface area contributed by atoms with Crippen molar-refractivity contribution in [3.05, 3.63) is 29.3 Å². The van der Waals surface area contributed by atoms with Crippen LogP contribution in [-0.2, 0) is 14.6 Å². The fourth-order valence-electron chi connectivity index (χ4n) is 4.58. The van der Waals surface area contributed by atoms with Gasteiger partial charge in [0.05, 0.1) is 4.90 Å². The number of benzene rings is 1. The number of nitrogens with one attached hydrogen (secondary N) is 1. The first kappa shape index (κ1) is 22.2. The highest BCUT2D eigenvalue weighted by molar-refractivity contribution is 7.93. The Kier molecular flexibility index (Phi) is 6.98. The van der Waals surface area contributed by atoms with Gasteiger partial charge >= 0.3 is 0 Å². The molecule has 27 heavy (non-hydrogen) atoms. The van der Waals surface area contributed by atoms with Crippen molar-refractivity contribution in [2.45, 2.75) is 74.5 Å². The molecule has 3 N–H and O–H groups in total. The molecule has 0 saturated heterocycles. The molecule has 2 aliphatic rings. The van der Waals surface area contributed by atoms with E-state index in [4.69, 9.17) is 5.73 Å². The second-order valence-electron chi connectivity index (χ2n) is 7.98. The Hall–Kier alpha value is -1.11. The highest BCUT2D eigenvalue weighted by atomic mass is 35.5. The molecule has 0 aliphatic heterocycles. The largest absolute Gasteiger partial charge is 0.352 e. The molecule has 0 aromatic heterocycles. The van der Waals surface area contributed by atoms with Gasteiger partial charge < -0.3 is 11.1 Å². The summed E-state index contributed by atoms with van der Waals surface area (Å²) >= 11 is 0. The van der Waals surface area contributed by atoms with E-state index < -0.39 is 14.6 Å². The predicted molar refractivity (Wildman–Crippen MR) is 110 cm³/mol. The van der Waals surface area contributed by atoms with Gasteiger partial charge in [0.2, 0.25) is 5.91 Å². The van der Waals surface area contributed by atoms with Gasteiger partial charge in [-0.25, -0.2) is 8.42 Å². The monoisotopic (exact) mass is 414 g/mol. The average Bonchev–Trinajstić information content (AvgIpc) is 3.26. The maximum absolute atomic E-state index is 13.6. The van der Waals surface area contributed by atoms with E-state index in [2.05, 4.69) is 5.32 Å². The minimum atomic E-state index is -3.76. The van der Waals surface area contributed by atoms with Gasteiger partial charge in [0.1, 0.15) is 0 Å². The van der Waals surface area contributed by atoms with Crippen LogP contribution in [0, 0.1) is 19.8 Å². The van der Waals surface area contributed by atoms with Gasteiger partial charge in [-0.3, -0.25) is 4.79 Å². The molecule has 1 aromatic carbocycles. The molecule has 2 saturated carbocycles. The summed E-state index contributed by atoms with van der Waals surface area (Å²) in [5.41, 5.74) is 7.42. The number of rotatable bonds is 5. The third-order valence-electron chi connectivity index (χ3n) is 6.25. The van der Waals surface area contributed by atoms with Crippen LogP contribution in [0.3, 0.4) is 0 Å². The summed E-state index contributed by atoms with van der Waals surface area (Å²) in [4.78, 5) is 13.6. The smallest absolute Gasteiger partial charge is 0.242 e. The Morgan fingerprint density at radius 1 is 1.19 bits per heavy atom. The molecule has 7 heteroatoms. The Balaban J connectivity index is 0.00000261. The maximum atomic E-state index is 13.6. The van der Waals surface area contributed by atoms with Crippen molar-refractivity contribution >= 4 is 28.2 Å². The van der Waals surface area contributed by atoms with E-state index in [1.165, 1.54) is 0 Å². The van der Waals surface area contributed by atoms with Gasteiger partial charge in [0, 0.05) is 6.04 Å². The van der Waals surface area contributed by atoms with E-state index in [0.717, 1.165) is 37.7 Å². The van der Waals surface area contributed by atoms with Crippen molar-refractivity contribution in [1.82, 2.24) is 5.32 Å². The minimum absolute atomic E-state index is 0. The van der Waals surface area contributed by atoms with E-state index in [9.17, 15) is 13.2 Å². The topological polar surface area (TPSA) is 89.3 Å². The van der Waals surface area contributed by atoms with E-state index in [1.807, 2.05) is 19.1 Å². The minimum Gasteiger partial charge on any atom is -0.352 e. The molecular formula is C20H31ClN2O3S. The van der Waals surface area contributed by atoms with Crippen molar-refractivity contribution in [2.24, 2.45) is 11.7 Å². The molecule has 3 rings (SSSR count). The molecule has 2 unspecified atom stereocenters. The number of hydrogen-bond acceptors (Lipinski definition) is 4. The molecule has 0 bridgehead atoms. The Morgan fingerprint density at radius 2 is 1.85 bits per heavy atom. The fraction of sp³-hybridized carbons (Fsp3) is 0.650. The molecule has 2 atom stereocenters. The number of hydrogen-bond donors (Lipinski definition) is 2. The van der Waals surface area contributed by atoms with Crippen molar-refractivity contribution < 1.29 is 13.2 Å². The summed E-state index contributed by atoms with van der Waals surface area (Å²) in [7, 11) is -3.76. The molecule has 5 nitrogen and oxygen atoms in total. The van der Waals surface area contributed by atoms with Crippen molar-refractivity contribution in [3.63, 3.8) is 0 Å². The zero-order valence-electron chi connectivity index (χ0n) is 16.2. The Labute approximate surface area is 168 Å². The number of amides is 1. The highest BCUT2D eigenvalue weighted by Crippen LogP contribution is 2.42. The number of halogens is 1. The molecule has 0 heterocycles. The molecule has 0 spiro atoms. The lowest BCUT2D eigenvalue weighted by Crippen LogP contribution is -2.54. The Bertz CT molecular complexity index is 788. The number of nitrogens with two attached hydrogens (primary N) is 1. The number of aryl methyl sites for hydroxylation is 2. The van der Waals surface area contributed by atoms with Crippen LogP contribution in [-0.4, -0.2) is 31.7 Å². The average molecular weight is 415 g/mol. The predicted octanol–water partition coefficient (Wildman–Crippen LogP) is 3.06. The van der Waals surface area contributed by atoms with Crippen LogP contribution in [0.1, 0.15) is 56.1 Å². The van der Waals surface area contributed by atoms with Gasteiger partial charge in [0.25, 0.3) is 0 Å². The zero-order valence-corrected chi connectivity index (χ0v) is 17.8. The van der Waals surface area contributed by atoms with Crippen LogP contribution in [0.4, 0.5) is 0 Å². The van der Waals surface area contributed by atoms with Gasteiger partial charge in [-0.05, 0) is 69.2 Å². The highest BCUT2D eigenvalue weighted by Gasteiger charge is 2.54. The van der Waals surface area contributed by atoms with Crippen LogP contribution in [0.15, 0.2) is 23.1 Å². The van der Waals surface area contributed by atoms with Gasteiger partial charge in [0.15, 0.2) is 14.6 Å². The number of carbonyl (C=O) groups is 1. The van der Waals surface area contributed by atoms with Crippen LogP contribution in [0.2, 0.25) is 0 Å². The molecule has 2 fully saturated rings. The van der Waals surface area contributed by atoms with Crippen LogP contribution >= 0.6 is 12.4 Å². The van der Waals surface area contributed by atoms with Crippen LogP contribution in [0.5, 0.6) is 0 Å². The molecule has 152 valence electrons. The van der Waals surface area contributed by atoms with Crippen LogP contribution in [0.25, 0.3) is 0 Å². The molecule has 1 amide bonds. The normalized spacial score (nSPS) is 24.4. The van der Waals surface area contributed by atoms with E-state index in [1.54, 1.807) is 13.0 Å². The van der Waals surface area contributed by atoms with Crippen molar-refractivity contribution in [2.75, 3.05) is 6.54 Å². The van der Waals surface area contributed by atoms with Crippen molar-refractivity contribution in [1.29, 1.82) is 0 Å². The third-order valence-corrected chi connectivity index (χ3v) is 8.89. The fourth-order valence-corrected chi connectivity index (χ4v) is 6.96. The van der Waals surface area contributed by atoms with E-state index in [0.29, 0.717) is 29.8 Å². The van der Waals surface area contributed by atoms with Gasteiger partial charge in [-0.15, -0.1) is 12.4 Å². The summed E-state index contributed by atoms with van der Waals surface area (Å²) in [6, 6.07) is 5.43. The lowest BCUT2D eigenvalue weighted by Gasteiger charge is -2.31. The standard InChI is InChI=1S/C20H30N2O3S.ClH/c1-14-8-9-15(2)18(12-14)26(24,25)20(10-3-4-11-20)19(23)22-17-7-5-6-16(17)13-21;/h8-9,12,16-17H,3-7,10-11,13,21H2,1-2H3,(H,22,23);1H. The summed E-state index contributed by atoms with van der Waals surface area (Å²) in [5.74, 6) is -0.0675. The van der Waals surface area contributed by atoms with Gasteiger partial charge in [-0.2, -0.15) is 0 Å². The third kappa shape index (κ3) is 3.89. The van der Waals surface area contributed by atoms with E-state index in [-0.39, 0.29) is 30.3 Å². The summed E-state index contributed by atoms with van der Waals surface area (Å²) in [6.07, 6.45) is 5.24. The SMILES string of the molecule is Cc1ccc(C)c(S(=O)(=O)C2(C(=O)NC3CCCC3CN)CCCC2)c1.Cl. The first-order chi connectivity index (χ1) is 12.3. The van der Waals surface area contributed by atoms with Crippen LogP contribution < -0.4 is 11.1 Å². The number of carbonyl (C=O) groups excluding carboxylic acids is 1. The first-order valence-electron chi connectivity index (χ1n) is 9.65. The summed E-state index contributed by atoms with van der Waals surface area (Å²) < 4.78 is 25.9. The zero-order chi connectivity index (χ0) is 18.9. The molecular weight excluding hydrogens is 384 g/mol. The van der Waals surface area contributed by atoms with E-state index >= 15 is 0 Å². The second-order valence-corrected chi connectivity index (χ2v) is 10.2. The Morgan fingerprint density at radius 3 is 2.48 bits per heavy atom. The first-order valence-corrected chi connectivity index (χ1v) is 11.1. The number of sulfone groups is 1. The summed E-state index contributed by atoms with van der Waals surface area (Å²) in [6.45, 7) is 4.21. The second kappa shape index (κ2) is 8.50. The lowest BCUT2D eigenvalue weighted by molar-refractivity contribution is -0.124. The molecule has 2 aliphatic carbocycles. The molecule has 0 radical (unpaired) electrons. The van der Waals surface area contributed by atoms with Crippen molar-refractivity contribution in [3.8, 4) is 0 Å². The summed E-state index contributed by atoms with van der Waals surface area (Å²) in [5, 5.41) is 3.07. The maximum Gasteiger partial charge on any atom is 0.242 e. The van der Waals surface area contributed by atoms with Gasteiger partial charge in [-0.1, -0.05) is 31.4 Å².